The number of carbonyl (C=O) groups is 1. The van der Waals surface area contributed by atoms with Gasteiger partial charge in [0.1, 0.15) is 5.75 Å². The molecular weight excluding hydrogens is 386 g/mol. The van der Waals surface area contributed by atoms with Gasteiger partial charge < -0.3 is 15.0 Å². The Labute approximate surface area is 176 Å². The quantitative estimate of drug-likeness (QED) is 0.624. The van der Waals surface area contributed by atoms with E-state index in [9.17, 15) is 4.79 Å². The van der Waals surface area contributed by atoms with Crippen LogP contribution in [0, 0.1) is 6.92 Å². The number of carbonyl (C=O) groups excluding carboxylic acids is 1. The summed E-state index contributed by atoms with van der Waals surface area (Å²) in [5, 5.41) is 4.74. The van der Waals surface area contributed by atoms with Crippen molar-refractivity contribution in [3.8, 4) is 5.75 Å². The number of likely N-dealkylation sites (tertiary alicyclic amines) is 1. The van der Waals surface area contributed by atoms with Crippen molar-refractivity contribution >= 4 is 34.1 Å². The molecule has 29 heavy (non-hydrogen) atoms. The zero-order valence-electron chi connectivity index (χ0n) is 16.8. The van der Waals surface area contributed by atoms with Gasteiger partial charge in [0.15, 0.2) is 0 Å². The molecule has 0 atom stereocenters. The largest absolute Gasteiger partial charge is 0.497 e. The van der Waals surface area contributed by atoms with Gasteiger partial charge in [0, 0.05) is 17.1 Å². The number of aromatic nitrogens is 1. The Morgan fingerprint density at radius 2 is 2.03 bits per heavy atom. The molecule has 1 saturated heterocycles. The van der Waals surface area contributed by atoms with Crippen LogP contribution in [0.3, 0.4) is 0 Å². The maximum Gasteiger partial charge on any atom is 0.238 e. The minimum absolute atomic E-state index is 0.0222. The summed E-state index contributed by atoms with van der Waals surface area (Å²) in [6, 6.07) is 11.8. The molecule has 3 aromatic rings. The Bertz CT molecular complexity index is 1020. The molecule has 0 saturated carbocycles. The van der Waals surface area contributed by atoms with Crippen LogP contribution in [0.15, 0.2) is 42.6 Å². The SMILES string of the molecule is COc1ccc2[nH]cc(C3CCN(CC(=O)Nc4ccc(C)cc4Cl)CC3)c2c1. The number of aryl methyl sites for hydroxylation is 1. The van der Waals surface area contributed by atoms with E-state index in [4.69, 9.17) is 16.3 Å². The summed E-state index contributed by atoms with van der Waals surface area (Å²) in [4.78, 5) is 18.0. The first-order chi connectivity index (χ1) is 14.0. The number of methoxy groups -OCH3 is 1. The van der Waals surface area contributed by atoms with Gasteiger partial charge in [-0.05, 0) is 80.2 Å². The van der Waals surface area contributed by atoms with Crippen LogP contribution in [0.2, 0.25) is 5.02 Å². The van der Waals surface area contributed by atoms with E-state index in [-0.39, 0.29) is 5.91 Å². The van der Waals surface area contributed by atoms with Gasteiger partial charge in [0.05, 0.1) is 24.4 Å². The first kappa shape index (κ1) is 19.8. The van der Waals surface area contributed by atoms with E-state index in [1.807, 2.05) is 31.2 Å². The van der Waals surface area contributed by atoms with E-state index in [0.717, 1.165) is 42.8 Å². The van der Waals surface area contributed by atoms with Crippen molar-refractivity contribution in [2.45, 2.75) is 25.7 Å². The lowest BCUT2D eigenvalue weighted by molar-refractivity contribution is -0.117. The van der Waals surface area contributed by atoms with E-state index in [1.165, 1.54) is 10.9 Å². The highest BCUT2D eigenvalue weighted by atomic mass is 35.5. The molecule has 1 aliphatic rings. The molecule has 0 spiro atoms. The number of fused-ring (bicyclic) bond motifs is 1. The topological polar surface area (TPSA) is 57.4 Å². The first-order valence-corrected chi connectivity index (χ1v) is 10.3. The standard InChI is InChI=1S/C23H26ClN3O2/c1-15-3-5-22(20(24)11-15)26-23(28)14-27-9-7-16(8-10-27)19-13-25-21-6-4-17(29-2)12-18(19)21/h3-6,11-13,16,25H,7-10,14H2,1-2H3,(H,26,28). The molecule has 4 rings (SSSR count). The summed E-state index contributed by atoms with van der Waals surface area (Å²) in [7, 11) is 1.70. The summed E-state index contributed by atoms with van der Waals surface area (Å²) >= 11 is 6.22. The second kappa shape index (κ2) is 8.47. The van der Waals surface area contributed by atoms with Crippen LogP contribution in [-0.4, -0.2) is 42.5 Å². The van der Waals surface area contributed by atoms with Crippen LogP contribution < -0.4 is 10.1 Å². The minimum atomic E-state index is -0.0222. The molecule has 0 bridgehead atoms. The van der Waals surface area contributed by atoms with E-state index in [1.54, 1.807) is 7.11 Å². The Morgan fingerprint density at radius 1 is 1.24 bits per heavy atom. The van der Waals surface area contributed by atoms with E-state index < -0.39 is 0 Å². The average molecular weight is 412 g/mol. The lowest BCUT2D eigenvalue weighted by Crippen LogP contribution is -2.38. The van der Waals surface area contributed by atoms with Crippen molar-refractivity contribution < 1.29 is 9.53 Å². The number of benzene rings is 2. The number of ether oxygens (including phenoxy) is 1. The first-order valence-electron chi connectivity index (χ1n) is 9.97. The van der Waals surface area contributed by atoms with Crippen LogP contribution in [0.1, 0.15) is 29.9 Å². The average Bonchev–Trinajstić information content (AvgIpc) is 3.14. The van der Waals surface area contributed by atoms with E-state index in [2.05, 4.69) is 33.5 Å². The van der Waals surface area contributed by atoms with Gasteiger partial charge in [-0.15, -0.1) is 0 Å². The highest BCUT2D eigenvalue weighted by Crippen LogP contribution is 2.34. The fourth-order valence-corrected chi connectivity index (χ4v) is 4.38. The second-order valence-electron chi connectivity index (χ2n) is 7.74. The number of amides is 1. The van der Waals surface area contributed by atoms with Crippen molar-refractivity contribution in [3.05, 3.63) is 58.7 Å². The Balaban J connectivity index is 1.35. The highest BCUT2D eigenvalue weighted by molar-refractivity contribution is 6.33. The van der Waals surface area contributed by atoms with Crippen molar-refractivity contribution in [1.82, 2.24) is 9.88 Å². The fourth-order valence-electron chi connectivity index (χ4n) is 4.10. The molecular formula is C23H26ClN3O2. The Kier molecular flexibility index (Phi) is 5.79. The zero-order chi connectivity index (χ0) is 20.4. The molecule has 0 radical (unpaired) electrons. The van der Waals surface area contributed by atoms with Crippen molar-refractivity contribution in [2.75, 3.05) is 32.1 Å². The smallest absolute Gasteiger partial charge is 0.238 e. The summed E-state index contributed by atoms with van der Waals surface area (Å²) < 4.78 is 5.38. The van der Waals surface area contributed by atoms with Crippen LogP contribution in [0.25, 0.3) is 10.9 Å². The van der Waals surface area contributed by atoms with Gasteiger partial charge in [-0.25, -0.2) is 0 Å². The molecule has 1 aromatic heterocycles. The van der Waals surface area contributed by atoms with Gasteiger partial charge in [-0.2, -0.15) is 0 Å². The number of nitrogens with zero attached hydrogens (tertiary/aromatic N) is 1. The number of piperidine rings is 1. The third-order valence-electron chi connectivity index (χ3n) is 5.71. The number of hydrogen-bond acceptors (Lipinski definition) is 3. The van der Waals surface area contributed by atoms with Gasteiger partial charge >= 0.3 is 0 Å². The summed E-state index contributed by atoms with van der Waals surface area (Å²) in [6.45, 7) is 4.16. The number of aromatic amines is 1. The minimum Gasteiger partial charge on any atom is -0.497 e. The third kappa shape index (κ3) is 4.41. The van der Waals surface area contributed by atoms with Crippen LogP contribution in [0.5, 0.6) is 5.75 Å². The third-order valence-corrected chi connectivity index (χ3v) is 6.03. The lowest BCUT2D eigenvalue weighted by Gasteiger charge is -2.31. The van der Waals surface area contributed by atoms with Crippen molar-refractivity contribution in [3.63, 3.8) is 0 Å². The molecule has 2 N–H and O–H groups in total. The van der Waals surface area contributed by atoms with Crippen LogP contribution >= 0.6 is 11.6 Å². The molecule has 5 nitrogen and oxygen atoms in total. The molecule has 0 unspecified atom stereocenters. The summed E-state index contributed by atoms with van der Waals surface area (Å²) in [6.07, 6.45) is 4.18. The monoisotopic (exact) mass is 411 g/mol. The van der Waals surface area contributed by atoms with E-state index in [0.29, 0.717) is 23.2 Å². The molecule has 2 heterocycles. The molecule has 6 heteroatoms. The number of H-pyrrole nitrogens is 1. The van der Waals surface area contributed by atoms with E-state index >= 15 is 0 Å². The molecule has 0 aliphatic carbocycles. The Morgan fingerprint density at radius 3 is 2.76 bits per heavy atom. The molecule has 1 amide bonds. The second-order valence-corrected chi connectivity index (χ2v) is 8.14. The number of halogens is 1. The predicted molar refractivity (Wildman–Crippen MR) is 118 cm³/mol. The molecule has 1 aliphatic heterocycles. The number of nitrogens with one attached hydrogen (secondary N) is 2. The van der Waals surface area contributed by atoms with Crippen LogP contribution in [-0.2, 0) is 4.79 Å². The maximum atomic E-state index is 12.4. The van der Waals surface area contributed by atoms with Crippen LogP contribution in [0.4, 0.5) is 5.69 Å². The predicted octanol–water partition coefficient (Wildman–Crippen LogP) is 4.96. The fraction of sp³-hybridized carbons (Fsp3) is 0.348. The Hall–Kier alpha value is -2.50. The zero-order valence-corrected chi connectivity index (χ0v) is 17.6. The molecule has 2 aromatic carbocycles. The lowest BCUT2D eigenvalue weighted by atomic mass is 9.89. The maximum absolute atomic E-state index is 12.4. The van der Waals surface area contributed by atoms with Gasteiger partial charge in [-0.3, -0.25) is 9.69 Å². The van der Waals surface area contributed by atoms with Crippen molar-refractivity contribution in [1.29, 1.82) is 0 Å². The molecule has 152 valence electrons. The number of hydrogen-bond donors (Lipinski definition) is 2. The van der Waals surface area contributed by atoms with Crippen molar-refractivity contribution in [2.24, 2.45) is 0 Å². The summed E-state index contributed by atoms with van der Waals surface area (Å²) in [5.74, 6) is 1.34. The summed E-state index contributed by atoms with van der Waals surface area (Å²) in [5.41, 5.74) is 4.22. The molecule has 1 fully saturated rings. The number of anilines is 1. The van der Waals surface area contributed by atoms with Gasteiger partial charge in [-0.1, -0.05) is 17.7 Å². The number of rotatable bonds is 5. The normalized spacial score (nSPS) is 15.6. The van der Waals surface area contributed by atoms with Gasteiger partial charge in [0.2, 0.25) is 5.91 Å². The van der Waals surface area contributed by atoms with Gasteiger partial charge in [0.25, 0.3) is 0 Å². The highest BCUT2D eigenvalue weighted by Gasteiger charge is 2.24.